The number of carbonyl (C=O) groups excluding carboxylic acids is 1. The Hall–Kier alpha value is -1.92. The third-order valence-electron chi connectivity index (χ3n) is 5.02. The van der Waals surface area contributed by atoms with Crippen LogP contribution in [0.5, 0.6) is 0 Å². The highest BCUT2D eigenvalue weighted by Gasteiger charge is 2.32. The summed E-state index contributed by atoms with van der Waals surface area (Å²) in [6.45, 7) is 3.46. The molecule has 2 atom stereocenters. The molecule has 2 unspecified atom stereocenters. The fourth-order valence-corrected chi connectivity index (χ4v) is 3.38. The number of nitrogens with zero attached hydrogens (tertiary/aromatic N) is 3. The summed E-state index contributed by atoms with van der Waals surface area (Å²) in [5.41, 5.74) is 7.28. The summed E-state index contributed by atoms with van der Waals surface area (Å²) in [6, 6.07) is 7.65. The molecule has 1 aliphatic heterocycles. The van der Waals surface area contributed by atoms with Gasteiger partial charge in [0.2, 0.25) is 0 Å². The zero-order valence-electron chi connectivity index (χ0n) is 14.2. The molecule has 1 saturated carbocycles. The van der Waals surface area contributed by atoms with E-state index in [0.717, 1.165) is 37.2 Å². The van der Waals surface area contributed by atoms with Crippen LogP contribution in [0.1, 0.15) is 48.3 Å². The predicted octanol–water partition coefficient (Wildman–Crippen LogP) is 2.85. The summed E-state index contributed by atoms with van der Waals surface area (Å²) in [7, 11) is 0. The van der Waals surface area contributed by atoms with Crippen molar-refractivity contribution in [1.29, 1.82) is 0 Å². The van der Waals surface area contributed by atoms with Crippen molar-refractivity contribution < 1.29 is 9.32 Å². The second-order valence-electron chi connectivity index (χ2n) is 6.95. The SMILES string of the molecule is CC1CC(CN)CN1C(=O)c1ccc(-c2nc(C3CC3)no2)cc1.Cl. The van der Waals surface area contributed by atoms with Gasteiger partial charge < -0.3 is 15.2 Å². The molecule has 134 valence electrons. The molecule has 2 aliphatic rings. The van der Waals surface area contributed by atoms with Gasteiger partial charge in [0, 0.05) is 29.6 Å². The predicted molar refractivity (Wildman–Crippen MR) is 96.6 cm³/mol. The van der Waals surface area contributed by atoms with Crippen molar-refractivity contribution in [3.05, 3.63) is 35.7 Å². The number of hydrogen-bond acceptors (Lipinski definition) is 5. The lowest BCUT2D eigenvalue weighted by atomic mass is 10.1. The fourth-order valence-electron chi connectivity index (χ4n) is 3.38. The van der Waals surface area contributed by atoms with E-state index in [1.165, 1.54) is 0 Å². The number of benzene rings is 1. The third kappa shape index (κ3) is 3.55. The van der Waals surface area contributed by atoms with Gasteiger partial charge in [0.15, 0.2) is 5.82 Å². The van der Waals surface area contributed by atoms with Crippen LogP contribution in [0, 0.1) is 5.92 Å². The number of carbonyl (C=O) groups is 1. The number of aromatic nitrogens is 2. The van der Waals surface area contributed by atoms with Gasteiger partial charge in [-0.05, 0) is 62.9 Å². The second-order valence-corrected chi connectivity index (χ2v) is 6.95. The summed E-state index contributed by atoms with van der Waals surface area (Å²) in [5, 5.41) is 4.03. The van der Waals surface area contributed by atoms with Crippen LogP contribution in [0.4, 0.5) is 0 Å². The van der Waals surface area contributed by atoms with Crippen molar-refractivity contribution in [2.75, 3.05) is 13.1 Å². The maximum Gasteiger partial charge on any atom is 0.257 e. The molecule has 0 bridgehead atoms. The minimum absolute atomic E-state index is 0. The van der Waals surface area contributed by atoms with Gasteiger partial charge in [0.1, 0.15) is 0 Å². The van der Waals surface area contributed by atoms with Gasteiger partial charge in [-0.3, -0.25) is 4.79 Å². The number of nitrogens with two attached hydrogens (primary N) is 1. The van der Waals surface area contributed by atoms with E-state index in [-0.39, 0.29) is 24.4 Å². The lowest BCUT2D eigenvalue weighted by Gasteiger charge is -2.21. The Kier molecular flexibility index (Phi) is 5.11. The third-order valence-corrected chi connectivity index (χ3v) is 5.02. The Labute approximate surface area is 153 Å². The van der Waals surface area contributed by atoms with E-state index in [9.17, 15) is 4.79 Å². The number of halogens is 1. The molecule has 1 amide bonds. The standard InChI is InChI=1S/C18H22N4O2.ClH/c1-11-8-12(9-19)10-22(11)18(23)15-6-4-14(5-7-15)17-20-16(21-24-17)13-2-3-13;/h4-7,11-13H,2-3,8-10,19H2,1H3;1H. The van der Waals surface area contributed by atoms with E-state index in [4.69, 9.17) is 10.3 Å². The van der Waals surface area contributed by atoms with Crippen LogP contribution in [0.15, 0.2) is 28.8 Å². The molecular weight excluding hydrogens is 340 g/mol. The molecule has 2 aromatic rings. The van der Waals surface area contributed by atoms with Crippen LogP contribution in [0.2, 0.25) is 0 Å². The van der Waals surface area contributed by atoms with Crippen molar-refractivity contribution in [3.8, 4) is 11.5 Å². The molecule has 1 saturated heterocycles. The van der Waals surface area contributed by atoms with Crippen molar-refractivity contribution >= 4 is 18.3 Å². The summed E-state index contributed by atoms with van der Waals surface area (Å²) < 4.78 is 5.33. The van der Waals surface area contributed by atoms with Crippen molar-refractivity contribution in [3.63, 3.8) is 0 Å². The smallest absolute Gasteiger partial charge is 0.257 e. The first-order valence-electron chi connectivity index (χ1n) is 8.60. The monoisotopic (exact) mass is 362 g/mol. The normalized spacial score (nSPS) is 22.7. The first kappa shape index (κ1) is 17.9. The zero-order chi connectivity index (χ0) is 16.7. The molecule has 7 heteroatoms. The van der Waals surface area contributed by atoms with E-state index in [2.05, 4.69) is 17.1 Å². The molecule has 0 spiro atoms. The summed E-state index contributed by atoms with van der Waals surface area (Å²) >= 11 is 0. The Bertz CT molecular complexity index is 742. The number of amides is 1. The highest BCUT2D eigenvalue weighted by atomic mass is 35.5. The summed E-state index contributed by atoms with van der Waals surface area (Å²) in [6.07, 6.45) is 3.26. The van der Waals surface area contributed by atoms with Gasteiger partial charge in [-0.2, -0.15) is 4.98 Å². The number of hydrogen-bond donors (Lipinski definition) is 1. The quantitative estimate of drug-likeness (QED) is 0.903. The van der Waals surface area contributed by atoms with Crippen molar-refractivity contribution in [2.24, 2.45) is 11.7 Å². The van der Waals surface area contributed by atoms with Crippen molar-refractivity contribution in [1.82, 2.24) is 15.0 Å². The lowest BCUT2D eigenvalue weighted by molar-refractivity contribution is 0.0743. The molecule has 2 N–H and O–H groups in total. The Morgan fingerprint density at radius 3 is 2.64 bits per heavy atom. The Morgan fingerprint density at radius 2 is 2.04 bits per heavy atom. The van der Waals surface area contributed by atoms with Gasteiger partial charge in [0.05, 0.1) is 0 Å². The van der Waals surface area contributed by atoms with E-state index in [1.807, 2.05) is 29.2 Å². The van der Waals surface area contributed by atoms with E-state index < -0.39 is 0 Å². The van der Waals surface area contributed by atoms with Crippen molar-refractivity contribution in [2.45, 2.75) is 38.1 Å². The van der Waals surface area contributed by atoms with Crippen LogP contribution in [-0.2, 0) is 0 Å². The molecular formula is C18H23ClN4O2. The van der Waals surface area contributed by atoms with Gasteiger partial charge in [-0.25, -0.2) is 0 Å². The van der Waals surface area contributed by atoms with E-state index in [1.54, 1.807) is 0 Å². The molecule has 0 radical (unpaired) electrons. The van der Waals surface area contributed by atoms with E-state index >= 15 is 0 Å². The molecule has 1 aliphatic carbocycles. The summed E-state index contributed by atoms with van der Waals surface area (Å²) in [5.74, 6) is 2.25. The van der Waals surface area contributed by atoms with Crippen LogP contribution in [0.25, 0.3) is 11.5 Å². The Balaban J connectivity index is 0.00000182. The van der Waals surface area contributed by atoms with Crippen LogP contribution < -0.4 is 5.73 Å². The topological polar surface area (TPSA) is 85.2 Å². The minimum Gasteiger partial charge on any atom is -0.336 e. The molecule has 2 fully saturated rings. The summed E-state index contributed by atoms with van der Waals surface area (Å²) in [4.78, 5) is 19.1. The molecule has 2 heterocycles. The lowest BCUT2D eigenvalue weighted by Crippen LogP contribution is -2.34. The average Bonchev–Trinajstić information content (AvgIpc) is 3.21. The van der Waals surface area contributed by atoms with Gasteiger partial charge >= 0.3 is 0 Å². The average molecular weight is 363 g/mol. The minimum atomic E-state index is 0. The van der Waals surface area contributed by atoms with E-state index in [0.29, 0.717) is 29.8 Å². The molecule has 1 aromatic carbocycles. The first-order chi connectivity index (χ1) is 11.7. The van der Waals surface area contributed by atoms with Gasteiger partial charge in [-0.15, -0.1) is 12.4 Å². The van der Waals surface area contributed by atoms with Crippen LogP contribution in [0.3, 0.4) is 0 Å². The first-order valence-corrected chi connectivity index (χ1v) is 8.60. The van der Waals surface area contributed by atoms with Gasteiger partial charge in [-0.1, -0.05) is 5.16 Å². The Morgan fingerprint density at radius 1 is 1.32 bits per heavy atom. The highest BCUT2D eigenvalue weighted by molar-refractivity contribution is 5.95. The highest BCUT2D eigenvalue weighted by Crippen LogP contribution is 2.38. The molecule has 1 aromatic heterocycles. The number of likely N-dealkylation sites (tertiary alicyclic amines) is 1. The number of rotatable bonds is 4. The van der Waals surface area contributed by atoms with Gasteiger partial charge in [0.25, 0.3) is 11.8 Å². The molecule has 4 rings (SSSR count). The van der Waals surface area contributed by atoms with Crippen LogP contribution >= 0.6 is 12.4 Å². The molecule has 6 nitrogen and oxygen atoms in total. The largest absolute Gasteiger partial charge is 0.336 e. The maximum absolute atomic E-state index is 12.7. The fraction of sp³-hybridized carbons (Fsp3) is 0.500. The second kappa shape index (κ2) is 7.14. The maximum atomic E-state index is 12.7. The molecule has 25 heavy (non-hydrogen) atoms. The van der Waals surface area contributed by atoms with Crippen LogP contribution in [-0.4, -0.2) is 40.1 Å². The zero-order valence-corrected chi connectivity index (χ0v) is 15.0.